The SMILES string of the molecule is CC(C)CC(NC(=O)c1ccc(Cl)cc1)C(=O)Nc1ccc(-c2nnc3n2CCCCC3)cc1. The Balaban J connectivity index is 1.45. The highest BCUT2D eigenvalue weighted by Gasteiger charge is 2.23. The number of hydrogen-bond acceptors (Lipinski definition) is 4. The average Bonchev–Trinajstić information content (AvgIpc) is 3.07. The van der Waals surface area contributed by atoms with Crippen molar-refractivity contribution >= 4 is 29.1 Å². The maximum Gasteiger partial charge on any atom is 0.251 e. The Kier molecular flexibility index (Phi) is 7.63. The number of nitrogens with zero attached hydrogens (tertiary/aromatic N) is 3. The molecule has 0 radical (unpaired) electrons. The Morgan fingerprint density at radius 2 is 1.74 bits per heavy atom. The fourth-order valence-electron chi connectivity index (χ4n) is 4.18. The van der Waals surface area contributed by atoms with E-state index in [2.05, 4.69) is 25.4 Å². The number of carbonyl (C=O) groups excluding carboxylic acids is 2. The van der Waals surface area contributed by atoms with Gasteiger partial charge in [-0.2, -0.15) is 0 Å². The van der Waals surface area contributed by atoms with E-state index in [1.54, 1.807) is 24.3 Å². The van der Waals surface area contributed by atoms with Gasteiger partial charge in [0.05, 0.1) is 0 Å². The summed E-state index contributed by atoms with van der Waals surface area (Å²) in [4.78, 5) is 25.7. The van der Waals surface area contributed by atoms with E-state index in [1.807, 2.05) is 38.1 Å². The van der Waals surface area contributed by atoms with Gasteiger partial charge in [0.1, 0.15) is 11.9 Å². The van der Waals surface area contributed by atoms with Crippen molar-refractivity contribution in [3.05, 3.63) is 64.9 Å². The van der Waals surface area contributed by atoms with E-state index < -0.39 is 6.04 Å². The van der Waals surface area contributed by atoms with Crippen LogP contribution in [0.1, 0.15) is 55.7 Å². The number of benzene rings is 2. The summed E-state index contributed by atoms with van der Waals surface area (Å²) in [6.45, 7) is 4.97. The summed E-state index contributed by atoms with van der Waals surface area (Å²) in [5.41, 5.74) is 2.09. The third-order valence-corrected chi connectivity index (χ3v) is 6.21. The number of carbonyl (C=O) groups is 2. The molecule has 0 saturated carbocycles. The summed E-state index contributed by atoms with van der Waals surface area (Å²) in [6.07, 6.45) is 4.97. The van der Waals surface area contributed by atoms with E-state index in [1.165, 1.54) is 6.42 Å². The lowest BCUT2D eigenvalue weighted by Crippen LogP contribution is -2.44. The Bertz CT molecular complexity index is 1140. The topological polar surface area (TPSA) is 88.9 Å². The Hall–Kier alpha value is -3.19. The highest BCUT2D eigenvalue weighted by molar-refractivity contribution is 6.30. The van der Waals surface area contributed by atoms with Crippen LogP contribution in [-0.2, 0) is 17.8 Å². The van der Waals surface area contributed by atoms with Crippen molar-refractivity contribution in [3.8, 4) is 11.4 Å². The molecule has 34 heavy (non-hydrogen) atoms. The van der Waals surface area contributed by atoms with Crippen molar-refractivity contribution in [1.29, 1.82) is 0 Å². The molecule has 178 valence electrons. The summed E-state index contributed by atoms with van der Waals surface area (Å²) in [7, 11) is 0. The zero-order chi connectivity index (χ0) is 24.1. The normalized spacial score (nSPS) is 14.2. The van der Waals surface area contributed by atoms with Crippen molar-refractivity contribution in [1.82, 2.24) is 20.1 Å². The number of nitrogens with one attached hydrogen (secondary N) is 2. The number of halogens is 1. The largest absolute Gasteiger partial charge is 0.340 e. The second kappa shape index (κ2) is 10.8. The molecule has 4 rings (SSSR count). The van der Waals surface area contributed by atoms with Crippen molar-refractivity contribution in [2.24, 2.45) is 5.92 Å². The van der Waals surface area contributed by atoms with Crippen molar-refractivity contribution in [3.63, 3.8) is 0 Å². The van der Waals surface area contributed by atoms with Gasteiger partial charge in [-0.1, -0.05) is 31.9 Å². The summed E-state index contributed by atoms with van der Waals surface area (Å²) in [5.74, 6) is 1.58. The minimum Gasteiger partial charge on any atom is -0.340 e. The summed E-state index contributed by atoms with van der Waals surface area (Å²) >= 11 is 5.91. The van der Waals surface area contributed by atoms with Crippen molar-refractivity contribution < 1.29 is 9.59 Å². The summed E-state index contributed by atoms with van der Waals surface area (Å²) < 4.78 is 2.20. The predicted octanol–water partition coefficient (Wildman–Crippen LogP) is 5.11. The fourth-order valence-corrected chi connectivity index (χ4v) is 4.30. The van der Waals surface area contributed by atoms with Gasteiger partial charge in [-0.25, -0.2) is 0 Å². The third kappa shape index (κ3) is 5.83. The molecule has 1 atom stereocenters. The number of fused-ring (bicyclic) bond motifs is 1. The molecule has 1 aliphatic rings. The molecule has 0 bridgehead atoms. The smallest absolute Gasteiger partial charge is 0.251 e. The monoisotopic (exact) mass is 479 g/mol. The van der Waals surface area contributed by atoms with Gasteiger partial charge in [0.25, 0.3) is 5.91 Å². The Labute approximate surface area is 204 Å². The lowest BCUT2D eigenvalue weighted by molar-refractivity contribution is -0.118. The van der Waals surface area contributed by atoms with Crippen LogP contribution < -0.4 is 10.6 Å². The molecule has 2 amide bonds. The molecule has 3 aromatic rings. The van der Waals surface area contributed by atoms with E-state index in [4.69, 9.17) is 11.6 Å². The van der Waals surface area contributed by atoms with Crippen LogP contribution in [0.5, 0.6) is 0 Å². The van der Waals surface area contributed by atoms with Gasteiger partial charge in [-0.15, -0.1) is 10.2 Å². The van der Waals surface area contributed by atoms with Gasteiger partial charge in [0.2, 0.25) is 5.91 Å². The van der Waals surface area contributed by atoms with Gasteiger partial charge in [0, 0.05) is 34.8 Å². The number of rotatable bonds is 7. The maximum atomic E-state index is 13.0. The molecule has 0 fully saturated rings. The number of hydrogen-bond donors (Lipinski definition) is 2. The van der Waals surface area contributed by atoms with Crippen LogP contribution in [0.2, 0.25) is 5.02 Å². The van der Waals surface area contributed by atoms with Gasteiger partial charge in [-0.05, 0) is 73.7 Å². The van der Waals surface area contributed by atoms with Gasteiger partial charge < -0.3 is 15.2 Å². The Morgan fingerprint density at radius 3 is 2.44 bits per heavy atom. The van der Waals surface area contributed by atoms with E-state index in [-0.39, 0.29) is 17.7 Å². The first-order valence-electron chi connectivity index (χ1n) is 11.8. The highest BCUT2D eigenvalue weighted by atomic mass is 35.5. The van der Waals surface area contributed by atoms with Gasteiger partial charge in [0.15, 0.2) is 5.82 Å². The molecular weight excluding hydrogens is 450 g/mol. The lowest BCUT2D eigenvalue weighted by Gasteiger charge is -2.20. The number of aryl methyl sites for hydroxylation is 1. The second-order valence-corrected chi connectivity index (χ2v) is 9.57. The molecule has 0 spiro atoms. The second-order valence-electron chi connectivity index (χ2n) is 9.13. The zero-order valence-corrected chi connectivity index (χ0v) is 20.3. The average molecular weight is 480 g/mol. The molecule has 2 aromatic carbocycles. The zero-order valence-electron chi connectivity index (χ0n) is 19.6. The van der Waals surface area contributed by atoms with Gasteiger partial charge in [-0.3, -0.25) is 9.59 Å². The first-order chi connectivity index (χ1) is 16.4. The van der Waals surface area contributed by atoms with Crippen LogP contribution >= 0.6 is 11.6 Å². The first kappa shape index (κ1) is 24.0. The quantitative estimate of drug-likeness (QED) is 0.493. The molecule has 1 aliphatic heterocycles. The van der Waals surface area contributed by atoms with Crippen LogP contribution in [0.25, 0.3) is 11.4 Å². The minimum absolute atomic E-state index is 0.229. The summed E-state index contributed by atoms with van der Waals surface area (Å²) in [5, 5.41) is 15.1. The van der Waals surface area contributed by atoms with Crippen LogP contribution in [0, 0.1) is 5.92 Å². The summed E-state index contributed by atoms with van der Waals surface area (Å²) in [6, 6.07) is 13.6. The molecule has 7 nitrogen and oxygen atoms in total. The molecule has 0 saturated heterocycles. The first-order valence-corrected chi connectivity index (χ1v) is 12.2. The van der Waals surface area contributed by atoms with Crippen LogP contribution in [0.3, 0.4) is 0 Å². The standard InChI is InChI=1S/C26H30ClN5O2/c1-17(2)16-22(29-25(33)19-7-11-20(27)12-8-19)26(34)28-21-13-9-18(10-14-21)24-31-30-23-6-4-3-5-15-32(23)24/h7-14,17,22H,3-6,15-16H2,1-2H3,(H,28,34)(H,29,33). The molecule has 1 unspecified atom stereocenters. The van der Waals surface area contributed by atoms with Crippen LogP contribution in [-0.4, -0.2) is 32.6 Å². The molecule has 2 N–H and O–H groups in total. The van der Waals surface area contributed by atoms with E-state index in [0.29, 0.717) is 22.7 Å². The number of aromatic nitrogens is 3. The van der Waals surface area contributed by atoms with Crippen molar-refractivity contribution in [2.45, 2.75) is 58.5 Å². The number of amides is 2. The lowest BCUT2D eigenvalue weighted by atomic mass is 10.0. The van der Waals surface area contributed by atoms with Gasteiger partial charge >= 0.3 is 0 Å². The van der Waals surface area contributed by atoms with E-state index in [9.17, 15) is 9.59 Å². The molecular formula is C26H30ClN5O2. The molecule has 8 heteroatoms. The van der Waals surface area contributed by atoms with E-state index in [0.717, 1.165) is 43.0 Å². The predicted molar refractivity (Wildman–Crippen MR) is 134 cm³/mol. The highest BCUT2D eigenvalue weighted by Crippen LogP contribution is 2.24. The molecule has 1 aromatic heterocycles. The van der Waals surface area contributed by atoms with E-state index >= 15 is 0 Å². The van der Waals surface area contributed by atoms with Crippen LogP contribution in [0.15, 0.2) is 48.5 Å². The molecule has 2 heterocycles. The Morgan fingerprint density at radius 1 is 1.00 bits per heavy atom. The molecule has 0 aliphatic carbocycles. The van der Waals surface area contributed by atoms with Crippen LogP contribution in [0.4, 0.5) is 5.69 Å². The maximum absolute atomic E-state index is 13.0. The number of anilines is 1. The van der Waals surface area contributed by atoms with Crippen molar-refractivity contribution in [2.75, 3.05) is 5.32 Å². The fraction of sp³-hybridized carbons (Fsp3) is 0.385. The third-order valence-electron chi connectivity index (χ3n) is 5.96. The minimum atomic E-state index is -0.657.